The van der Waals surface area contributed by atoms with Gasteiger partial charge in [-0.05, 0) is 46.5 Å². The van der Waals surface area contributed by atoms with Crippen LogP contribution in [0.25, 0.3) is 6.08 Å². The van der Waals surface area contributed by atoms with E-state index in [2.05, 4.69) is 28.9 Å². The molecule has 0 aromatic heterocycles. The van der Waals surface area contributed by atoms with Gasteiger partial charge >= 0.3 is 26.2 Å². The summed E-state index contributed by atoms with van der Waals surface area (Å²) in [6.45, 7) is 3.49. The van der Waals surface area contributed by atoms with E-state index >= 15 is 0 Å². The quantitative estimate of drug-likeness (QED) is 0.368. The molecule has 1 aliphatic heterocycles. The third kappa shape index (κ3) is 3.46. The number of benzene rings is 1. The molecule has 0 amide bonds. The van der Waals surface area contributed by atoms with Crippen LogP contribution in [0.4, 0.5) is 0 Å². The van der Waals surface area contributed by atoms with Crippen molar-refractivity contribution in [2.45, 2.75) is 13.3 Å². The zero-order chi connectivity index (χ0) is 9.71. The largest absolute Gasteiger partial charge is 4.00 e. The fourth-order valence-electron chi connectivity index (χ4n) is 1.89. The molecule has 96 valence electrons. The van der Waals surface area contributed by atoms with Crippen LogP contribution in [0.2, 0.25) is 0 Å². The van der Waals surface area contributed by atoms with Gasteiger partial charge in [0.15, 0.2) is 0 Å². The molecule has 2 aliphatic rings. The maximum absolute atomic E-state index is 5.27. The van der Waals surface area contributed by atoms with Crippen LogP contribution in [0.15, 0.2) is 16.1 Å². The Morgan fingerprint density at radius 3 is 2.56 bits per heavy atom. The van der Waals surface area contributed by atoms with Gasteiger partial charge in [-0.1, -0.05) is 11.6 Å². The minimum Gasteiger partial charge on any atom is -1.00 e. The van der Waals surface area contributed by atoms with Crippen LogP contribution in [-0.2, 0) is 32.6 Å². The maximum atomic E-state index is 5.27. The Bertz CT molecular complexity index is 466. The standard InChI is InChI=1S/C11H8BrO2.3ClH.Zr/c1-6-2-7-4-9-11(14-5-13-9)10(12)8(7)3-6;;;;/h3-5H,2H2,1H3;3*1H;/q-1;;;;+4/p-3. The van der Waals surface area contributed by atoms with Gasteiger partial charge in [-0.2, -0.15) is 0 Å². The minimum absolute atomic E-state index is 0. The molecular formula is C11H8BrCl3O2Zr. The Morgan fingerprint density at radius 2 is 1.89 bits per heavy atom. The maximum Gasteiger partial charge on any atom is 4.00 e. The Hall–Kier alpha value is 0.793. The van der Waals surface area contributed by atoms with Gasteiger partial charge in [-0.3, -0.25) is 0 Å². The third-order valence-corrected chi connectivity index (χ3v) is 3.30. The normalized spacial score (nSPS) is 13.1. The molecule has 0 N–H and O–H groups in total. The van der Waals surface area contributed by atoms with Crippen molar-refractivity contribution in [2.24, 2.45) is 0 Å². The van der Waals surface area contributed by atoms with Crippen molar-refractivity contribution in [2.75, 3.05) is 0 Å². The Balaban J connectivity index is 0. The summed E-state index contributed by atoms with van der Waals surface area (Å²) in [5, 5.41) is 0. The van der Waals surface area contributed by atoms with Crippen molar-refractivity contribution in [1.82, 2.24) is 0 Å². The molecule has 7 heteroatoms. The fourth-order valence-corrected chi connectivity index (χ4v) is 2.55. The van der Waals surface area contributed by atoms with Crippen LogP contribution in [0.5, 0.6) is 11.5 Å². The molecule has 0 saturated heterocycles. The predicted octanol–water partition coefficient (Wildman–Crippen LogP) is -5.69. The summed E-state index contributed by atoms with van der Waals surface area (Å²) in [7, 11) is 0. The first-order valence-corrected chi connectivity index (χ1v) is 5.22. The van der Waals surface area contributed by atoms with Crippen molar-refractivity contribution >= 4 is 22.0 Å². The van der Waals surface area contributed by atoms with Crippen LogP contribution >= 0.6 is 15.9 Å². The summed E-state index contributed by atoms with van der Waals surface area (Å²) in [5.74, 6) is 1.59. The first-order chi connectivity index (χ1) is 6.75. The number of allylic oxidation sites excluding steroid dienone is 1. The van der Waals surface area contributed by atoms with Gasteiger partial charge in [0, 0.05) is 6.79 Å². The number of fused-ring (bicyclic) bond motifs is 2. The summed E-state index contributed by atoms with van der Waals surface area (Å²) >= 11 is 3.54. The molecule has 0 fully saturated rings. The fraction of sp³-hybridized carbons (Fsp3) is 0.182. The zero-order valence-corrected chi connectivity index (χ0v) is 15.6. The van der Waals surface area contributed by atoms with Crippen molar-refractivity contribution in [1.29, 1.82) is 0 Å². The minimum atomic E-state index is 0. The second-order valence-electron chi connectivity index (χ2n) is 3.59. The van der Waals surface area contributed by atoms with E-state index in [-0.39, 0.29) is 63.4 Å². The Morgan fingerprint density at radius 1 is 1.22 bits per heavy atom. The monoisotopic (exact) mass is 446 g/mol. The summed E-state index contributed by atoms with van der Waals surface area (Å²) in [6, 6.07) is 2.05. The van der Waals surface area contributed by atoms with Gasteiger partial charge in [0.25, 0.3) is 0 Å². The van der Waals surface area contributed by atoms with Crippen molar-refractivity contribution < 1.29 is 72.9 Å². The van der Waals surface area contributed by atoms with Gasteiger partial charge < -0.3 is 46.7 Å². The zero-order valence-electron chi connectivity index (χ0n) is 9.27. The number of hydrogen-bond donors (Lipinski definition) is 0. The van der Waals surface area contributed by atoms with Crippen LogP contribution in [0.1, 0.15) is 18.1 Å². The molecule has 1 aromatic carbocycles. The predicted molar refractivity (Wildman–Crippen MR) is 57.1 cm³/mol. The Kier molecular flexibility index (Phi) is 9.57. The van der Waals surface area contributed by atoms with Crippen molar-refractivity contribution in [3.8, 4) is 11.5 Å². The average Bonchev–Trinajstić information content (AvgIpc) is 2.71. The van der Waals surface area contributed by atoms with Gasteiger partial charge in [-0.15, -0.1) is 0 Å². The molecule has 1 aliphatic carbocycles. The van der Waals surface area contributed by atoms with E-state index in [1.807, 2.05) is 6.07 Å². The van der Waals surface area contributed by atoms with E-state index in [1.165, 1.54) is 23.5 Å². The summed E-state index contributed by atoms with van der Waals surface area (Å²) in [6.07, 6.45) is 3.19. The van der Waals surface area contributed by atoms with E-state index in [0.717, 1.165) is 22.4 Å². The molecule has 18 heavy (non-hydrogen) atoms. The van der Waals surface area contributed by atoms with E-state index in [9.17, 15) is 0 Å². The van der Waals surface area contributed by atoms with Crippen LogP contribution in [0, 0.1) is 6.79 Å². The molecule has 0 unspecified atom stereocenters. The van der Waals surface area contributed by atoms with Gasteiger partial charge in [-0.25, -0.2) is 0 Å². The van der Waals surface area contributed by atoms with Gasteiger partial charge in [0.05, 0.1) is 4.47 Å². The second-order valence-corrected chi connectivity index (χ2v) is 4.38. The molecule has 0 saturated carbocycles. The number of ether oxygens (including phenoxy) is 2. The summed E-state index contributed by atoms with van der Waals surface area (Å²) in [5.41, 5.74) is 3.89. The second kappa shape index (κ2) is 8.16. The molecule has 2 nitrogen and oxygen atoms in total. The van der Waals surface area contributed by atoms with E-state index in [1.54, 1.807) is 0 Å². The molecule has 3 rings (SSSR count). The van der Waals surface area contributed by atoms with Crippen LogP contribution in [-0.4, -0.2) is 0 Å². The van der Waals surface area contributed by atoms with Gasteiger partial charge in [0.2, 0.25) is 0 Å². The van der Waals surface area contributed by atoms with Crippen LogP contribution < -0.4 is 46.7 Å². The van der Waals surface area contributed by atoms with Gasteiger partial charge in [0.1, 0.15) is 11.5 Å². The Labute approximate surface area is 152 Å². The smallest absolute Gasteiger partial charge is 1.00 e. The SMILES string of the molecule is CC1=Cc2c(cc3c(c2Br)O[CH-]O3)C1.[Cl-].[Cl-].[Cl-].[Zr+4]. The first kappa shape index (κ1) is 21.1. The molecule has 1 heterocycles. The van der Waals surface area contributed by atoms with E-state index < -0.39 is 0 Å². The number of halogens is 4. The van der Waals surface area contributed by atoms with E-state index in [0.29, 0.717) is 0 Å². The molecule has 1 aromatic rings. The molecule has 0 radical (unpaired) electrons. The topological polar surface area (TPSA) is 18.5 Å². The number of rotatable bonds is 0. The molecule has 0 atom stereocenters. The van der Waals surface area contributed by atoms with Crippen molar-refractivity contribution in [3.05, 3.63) is 34.0 Å². The summed E-state index contributed by atoms with van der Waals surface area (Å²) < 4.78 is 11.5. The van der Waals surface area contributed by atoms with Crippen LogP contribution in [0.3, 0.4) is 0 Å². The molecular weight excluding hydrogens is 442 g/mol. The van der Waals surface area contributed by atoms with E-state index in [4.69, 9.17) is 9.47 Å². The molecule has 0 spiro atoms. The first-order valence-electron chi connectivity index (χ1n) is 4.43. The molecule has 0 bridgehead atoms. The third-order valence-electron chi connectivity index (χ3n) is 2.51. The summed E-state index contributed by atoms with van der Waals surface area (Å²) in [4.78, 5) is 0. The van der Waals surface area contributed by atoms with Crippen molar-refractivity contribution in [3.63, 3.8) is 0 Å². The average molecular weight is 450 g/mol. The number of hydrogen-bond acceptors (Lipinski definition) is 2.